The van der Waals surface area contributed by atoms with Gasteiger partial charge in [-0.2, -0.15) is 5.10 Å². The number of fused-ring (bicyclic) bond motifs is 1. The lowest BCUT2D eigenvalue weighted by Crippen LogP contribution is -2.25. The van der Waals surface area contributed by atoms with E-state index in [0.29, 0.717) is 47.9 Å². The number of carbonyl (C=O) groups is 1. The Morgan fingerprint density at radius 2 is 1.86 bits per heavy atom. The van der Waals surface area contributed by atoms with E-state index in [0.717, 1.165) is 17.1 Å². The summed E-state index contributed by atoms with van der Waals surface area (Å²) in [4.78, 5) is 30.6. The maximum absolute atomic E-state index is 13.3. The van der Waals surface area contributed by atoms with Crippen LogP contribution in [0.15, 0.2) is 64.5 Å². The second kappa shape index (κ2) is 11.2. The van der Waals surface area contributed by atoms with Gasteiger partial charge in [0.1, 0.15) is 5.75 Å². The van der Waals surface area contributed by atoms with Crippen LogP contribution in [0.1, 0.15) is 24.7 Å². The maximum Gasteiger partial charge on any atom is 0.262 e. The van der Waals surface area contributed by atoms with Crippen LogP contribution in [0, 0.1) is 13.8 Å². The Labute approximate surface area is 208 Å². The summed E-state index contributed by atoms with van der Waals surface area (Å²) in [6, 6.07) is 16.6. The number of carbonyl (C=O) groups excluding carboxylic acids is 1. The quantitative estimate of drug-likeness (QED) is 0.261. The molecule has 0 saturated carbocycles. The van der Waals surface area contributed by atoms with Crippen LogP contribution in [0.5, 0.6) is 5.75 Å². The predicted molar refractivity (Wildman–Crippen MR) is 139 cm³/mol. The number of hydrogen-bond acceptors (Lipinski definition) is 6. The van der Waals surface area contributed by atoms with E-state index >= 15 is 0 Å². The van der Waals surface area contributed by atoms with Gasteiger partial charge >= 0.3 is 0 Å². The first kappa shape index (κ1) is 24.5. The lowest BCUT2D eigenvalue weighted by molar-refractivity contribution is -0.113. The lowest BCUT2D eigenvalue weighted by atomic mass is 10.2. The maximum atomic E-state index is 13.3. The van der Waals surface area contributed by atoms with Crippen LogP contribution in [-0.4, -0.2) is 37.6 Å². The van der Waals surface area contributed by atoms with Crippen LogP contribution in [0.2, 0.25) is 0 Å². The van der Waals surface area contributed by atoms with Gasteiger partial charge in [0.15, 0.2) is 5.16 Å². The molecule has 2 aromatic heterocycles. The van der Waals surface area contributed by atoms with Gasteiger partial charge in [-0.1, -0.05) is 23.9 Å². The highest BCUT2D eigenvalue weighted by Crippen LogP contribution is 2.20. The van der Waals surface area contributed by atoms with E-state index in [-0.39, 0.29) is 17.2 Å². The molecule has 0 bridgehead atoms. The number of rotatable bonds is 10. The van der Waals surface area contributed by atoms with E-state index in [2.05, 4.69) is 10.4 Å². The number of anilines is 1. The van der Waals surface area contributed by atoms with Crippen molar-refractivity contribution in [1.82, 2.24) is 19.3 Å². The van der Waals surface area contributed by atoms with Gasteiger partial charge in [-0.05, 0) is 69.7 Å². The number of thioether (sulfide) groups is 1. The first-order chi connectivity index (χ1) is 16.9. The number of amides is 1. The number of aryl methyl sites for hydroxylation is 3. The molecule has 0 aliphatic heterocycles. The highest BCUT2D eigenvalue weighted by Gasteiger charge is 2.14. The first-order valence-electron chi connectivity index (χ1n) is 11.6. The minimum Gasteiger partial charge on any atom is -0.494 e. The van der Waals surface area contributed by atoms with Gasteiger partial charge in [0, 0.05) is 24.5 Å². The van der Waals surface area contributed by atoms with Crippen LogP contribution in [0.4, 0.5) is 5.69 Å². The Morgan fingerprint density at radius 1 is 1.09 bits per heavy atom. The largest absolute Gasteiger partial charge is 0.494 e. The van der Waals surface area contributed by atoms with E-state index in [1.54, 1.807) is 22.8 Å². The smallest absolute Gasteiger partial charge is 0.262 e. The molecule has 0 fully saturated rings. The molecule has 2 aromatic carbocycles. The van der Waals surface area contributed by atoms with Crippen molar-refractivity contribution in [3.05, 3.63) is 76.3 Å². The number of ether oxygens (including phenoxy) is 1. The molecule has 4 aromatic rings. The first-order valence-corrected chi connectivity index (χ1v) is 12.6. The fourth-order valence-corrected chi connectivity index (χ4v) is 4.69. The predicted octanol–water partition coefficient (Wildman–Crippen LogP) is 4.43. The molecule has 1 amide bonds. The van der Waals surface area contributed by atoms with Crippen LogP contribution in [0.3, 0.4) is 0 Å². The number of nitrogens with one attached hydrogen (secondary N) is 1. The fourth-order valence-electron chi connectivity index (χ4n) is 3.86. The molecule has 9 heteroatoms. The van der Waals surface area contributed by atoms with Gasteiger partial charge in [0.25, 0.3) is 5.56 Å². The van der Waals surface area contributed by atoms with Crippen LogP contribution >= 0.6 is 11.8 Å². The molecule has 0 atom stereocenters. The van der Waals surface area contributed by atoms with E-state index in [1.165, 1.54) is 11.8 Å². The van der Waals surface area contributed by atoms with Gasteiger partial charge < -0.3 is 10.1 Å². The molecule has 0 radical (unpaired) electrons. The number of aromatic nitrogens is 4. The third-order valence-corrected chi connectivity index (χ3v) is 6.44. The number of nitrogens with zero attached hydrogens (tertiary/aromatic N) is 4. The Kier molecular flexibility index (Phi) is 7.87. The molecule has 0 saturated heterocycles. The van der Waals surface area contributed by atoms with Crippen molar-refractivity contribution in [3.63, 3.8) is 0 Å². The minimum atomic E-state index is -0.171. The van der Waals surface area contributed by atoms with Gasteiger partial charge in [-0.25, -0.2) is 4.98 Å². The third kappa shape index (κ3) is 6.10. The average molecular weight is 492 g/mol. The Balaban J connectivity index is 1.47. The van der Waals surface area contributed by atoms with Crippen molar-refractivity contribution in [2.45, 2.75) is 45.4 Å². The van der Waals surface area contributed by atoms with Gasteiger partial charge in [-0.15, -0.1) is 0 Å². The van der Waals surface area contributed by atoms with E-state index in [1.807, 2.05) is 61.9 Å². The zero-order valence-electron chi connectivity index (χ0n) is 20.2. The van der Waals surface area contributed by atoms with Crippen LogP contribution < -0.4 is 15.6 Å². The number of para-hydroxylation sites is 1. The summed E-state index contributed by atoms with van der Waals surface area (Å²) >= 11 is 1.26. The molecule has 8 nitrogen and oxygen atoms in total. The molecule has 0 unspecified atom stereocenters. The zero-order chi connectivity index (χ0) is 24.8. The Hall–Kier alpha value is -3.59. The summed E-state index contributed by atoms with van der Waals surface area (Å²) in [5.74, 6) is 0.718. The molecular weight excluding hydrogens is 462 g/mol. The normalized spacial score (nSPS) is 11.1. The molecule has 182 valence electrons. The van der Waals surface area contributed by atoms with Gasteiger partial charge in [0.2, 0.25) is 5.91 Å². The molecule has 2 heterocycles. The van der Waals surface area contributed by atoms with Crippen molar-refractivity contribution in [2.75, 3.05) is 17.7 Å². The van der Waals surface area contributed by atoms with E-state index in [4.69, 9.17) is 9.72 Å². The van der Waals surface area contributed by atoms with Crippen molar-refractivity contribution >= 4 is 34.3 Å². The minimum absolute atomic E-state index is 0.0987. The van der Waals surface area contributed by atoms with Crippen molar-refractivity contribution in [3.8, 4) is 5.75 Å². The van der Waals surface area contributed by atoms with Crippen molar-refractivity contribution in [2.24, 2.45) is 0 Å². The second-order valence-corrected chi connectivity index (χ2v) is 9.11. The summed E-state index contributed by atoms with van der Waals surface area (Å²) in [6.45, 7) is 7.68. The molecule has 4 rings (SSSR count). The third-order valence-electron chi connectivity index (χ3n) is 5.46. The van der Waals surface area contributed by atoms with Crippen LogP contribution in [0.25, 0.3) is 10.9 Å². The number of benzene rings is 2. The van der Waals surface area contributed by atoms with E-state index in [9.17, 15) is 9.59 Å². The van der Waals surface area contributed by atoms with Crippen LogP contribution in [-0.2, 0) is 17.9 Å². The SMILES string of the molecule is CCOc1ccc(NC(=O)CSc2nc3ccccc3c(=O)n2CCCn2nc(C)cc2C)cc1. The summed E-state index contributed by atoms with van der Waals surface area (Å²) in [7, 11) is 0. The van der Waals surface area contributed by atoms with E-state index < -0.39 is 0 Å². The average Bonchev–Trinajstić information content (AvgIpc) is 3.17. The van der Waals surface area contributed by atoms with Gasteiger partial charge in [0.05, 0.1) is 29.0 Å². The molecule has 0 aliphatic carbocycles. The fraction of sp³-hybridized carbons (Fsp3) is 0.308. The lowest BCUT2D eigenvalue weighted by Gasteiger charge is -2.14. The molecule has 0 aliphatic rings. The van der Waals surface area contributed by atoms with Crippen molar-refractivity contribution < 1.29 is 9.53 Å². The highest BCUT2D eigenvalue weighted by atomic mass is 32.2. The summed E-state index contributed by atoms with van der Waals surface area (Å²) in [5, 5.41) is 8.49. The standard InChI is InChI=1S/C26H29N5O3S/c1-4-34-21-12-10-20(11-13-21)27-24(32)17-35-26-28-23-9-6-5-8-22(23)25(33)30(26)14-7-15-31-19(3)16-18(2)29-31/h5-6,8-13,16H,4,7,14-15,17H2,1-3H3,(H,27,32). The summed E-state index contributed by atoms with van der Waals surface area (Å²) in [5.41, 5.74) is 3.28. The monoisotopic (exact) mass is 491 g/mol. The summed E-state index contributed by atoms with van der Waals surface area (Å²) in [6.07, 6.45) is 0.716. The van der Waals surface area contributed by atoms with Crippen molar-refractivity contribution in [1.29, 1.82) is 0 Å². The molecular formula is C26H29N5O3S. The highest BCUT2D eigenvalue weighted by molar-refractivity contribution is 7.99. The number of hydrogen-bond donors (Lipinski definition) is 1. The summed E-state index contributed by atoms with van der Waals surface area (Å²) < 4.78 is 9.06. The Bertz CT molecular complexity index is 1380. The van der Waals surface area contributed by atoms with Gasteiger partial charge in [-0.3, -0.25) is 18.8 Å². The molecule has 0 spiro atoms. The topological polar surface area (TPSA) is 91.0 Å². The molecule has 1 N–H and O–H groups in total. The Morgan fingerprint density at radius 3 is 2.57 bits per heavy atom. The molecule has 35 heavy (non-hydrogen) atoms. The second-order valence-electron chi connectivity index (χ2n) is 8.17. The zero-order valence-corrected chi connectivity index (χ0v) is 21.0.